The number of azide groups is 1. The second-order valence-electron chi connectivity index (χ2n) is 3.54. The highest BCUT2D eigenvalue weighted by Crippen LogP contribution is 2.27. The van der Waals surface area contributed by atoms with E-state index < -0.39 is 0 Å². The number of nitrogens with zero attached hydrogens (tertiary/aromatic N) is 4. The van der Waals surface area contributed by atoms with Crippen LogP contribution in [0.15, 0.2) is 53.8 Å². The van der Waals surface area contributed by atoms with Crippen LogP contribution in [0.25, 0.3) is 26.9 Å². The molecule has 76 valence electrons. The minimum absolute atomic E-state index is 0.663. The molecule has 3 aromatic rings. The molecule has 0 atom stereocenters. The van der Waals surface area contributed by atoms with E-state index in [4.69, 9.17) is 5.53 Å². The first-order valence-corrected chi connectivity index (χ1v) is 4.94. The molecule has 0 spiro atoms. The fraction of sp³-hybridized carbons (Fsp3) is 0. The number of aromatic nitrogens is 1. The zero-order chi connectivity index (χ0) is 11.0. The summed E-state index contributed by atoms with van der Waals surface area (Å²) in [5.74, 6) is 0. The van der Waals surface area contributed by atoms with Gasteiger partial charge in [0.25, 0.3) is 0 Å². The van der Waals surface area contributed by atoms with Gasteiger partial charge in [-0.1, -0.05) is 23.3 Å². The predicted octanol–water partition coefficient (Wildman–Crippen LogP) is 4.03. The molecule has 0 radical (unpaired) electrons. The van der Waals surface area contributed by atoms with Gasteiger partial charge >= 0.3 is 0 Å². The Balaban J connectivity index is 2.53. The van der Waals surface area contributed by atoms with Crippen molar-refractivity contribution in [3.63, 3.8) is 0 Å². The van der Waals surface area contributed by atoms with Gasteiger partial charge in [0.1, 0.15) is 0 Å². The second-order valence-corrected chi connectivity index (χ2v) is 3.54. The van der Waals surface area contributed by atoms with E-state index in [2.05, 4.69) is 14.4 Å². The number of hydrogen-bond acceptors (Lipinski definition) is 1. The van der Waals surface area contributed by atoms with E-state index in [0.29, 0.717) is 5.69 Å². The summed E-state index contributed by atoms with van der Waals surface area (Å²) >= 11 is 0. The molecule has 16 heavy (non-hydrogen) atoms. The van der Waals surface area contributed by atoms with Gasteiger partial charge in [-0.05, 0) is 29.8 Å². The molecule has 2 aromatic heterocycles. The van der Waals surface area contributed by atoms with Crippen molar-refractivity contribution in [3.8, 4) is 0 Å². The van der Waals surface area contributed by atoms with E-state index in [9.17, 15) is 0 Å². The standard InChI is InChI=1S/C12H8N4/c13-15-14-11-4-1-5-12-10(11)7-6-9-3-2-8-16(9)12/h1-8H. The molecular formula is C12H8N4. The Morgan fingerprint density at radius 2 is 2.00 bits per heavy atom. The Kier molecular flexibility index (Phi) is 1.82. The third-order valence-corrected chi connectivity index (χ3v) is 2.67. The highest BCUT2D eigenvalue weighted by molar-refractivity contribution is 5.92. The highest BCUT2D eigenvalue weighted by Gasteiger charge is 2.02. The maximum absolute atomic E-state index is 8.50. The topological polar surface area (TPSA) is 53.2 Å². The summed E-state index contributed by atoms with van der Waals surface area (Å²) < 4.78 is 2.08. The van der Waals surface area contributed by atoms with Crippen molar-refractivity contribution in [3.05, 3.63) is 59.1 Å². The van der Waals surface area contributed by atoms with Crippen molar-refractivity contribution in [2.75, 3.05) is 0 Å². The first-order chi connectivity index (χ1) is 7.90. The average molecular weight is 208 g/mol. The normalized spacial score (nSPS) is 10.5. The summed E-state index contributed by atoms with van der Waals surface area (Å²) in [5.41, 5.74) is 11.3. The van der Waals surface area contributed by atoms with Crippen LogP contribution in [0.5, 0.6) is 0 Å². The summed E-state index contributed by atoms with van der Waals surface area (Å²) in [5, 5.41) is 4.66. The Labute approximate surface area is 91.4 Å². The lowest BCUT2D eigenvalue weighted by atomic mass is 10.2. The number of hydrogen-bond donors (Lipinski definition) is 0. The van der Waals surface area contributed by atoms with Gasteiger partial charge in [0.05, 0.1) is 5.52 Å². The van der Waals surface area contributed by atoms with E-state index in [1.165, 1.54) is 0 Å². The Bertz CT molecular complexity index is 720. The van der Waals surface area contributed by atoms with E-state index in [1.807, 2.05) is 48.7 Å². The third kappa shape index (κ3) is 1.14. The molecule has 0 saturated heterocycles. The molecule has 1 aromatic carbocycles. The van der Waals surface area contributed by atoms with Crippen LogP contribution < -0.4 is 0 Å². The third-order valence-electron chi connectivity index (χ3n) is 2.67. The van der Waals surface area contributed by atoms with Crippen LogP contribution in [0, 0.1) is 0 Å². The smallest absolute Gasteiger partial charge is 0.0532 e. The van der Waals surface area contributed by atoms with Crippen LogP contribution in [-0.2, 0) is 0 Å². The number of fused-ring (bicyclic) bond motifs is 3. The summed E-state index contributed by atoms with van der Waals surface area (Å²) in [4.78, 5) is 2.84. The summed E-state index contributed by atoms with van der Waals surface area (Å²) in [6, 6.07) is 13.8. The SMILES string of the molecule is [N-]=[N+]=Nc1cccc2c1ccc1cccn12. The van der Waals surface area contributed by atoms with Crippen LogP contribution in [0.2, 0.25) is 0 Å². The van der Waals surface area contributed by atoms with Crippen LogP contribution in [-0.4, -0.2) is 4.40 Å². The fourth-order valence-corrected chi connectivity index (χ4v) is 1.98. The first-order valence-electron chi connectivity index (χ1n) is 4.94. The lowest BCUT2D eigenvalue weighted by molar-refractivity contribution is 1.27. The molecule has 4 nitrogen and oxygen atoms in total. The van der Waals surface area contributed by atoms with E-state index >= 15 is 0 Å². The molecule has 0 aliphatic carbocycles. The number of benzene rings is 1. The molecule has 0 N–H and O–H groups in total. The highest BCUT2D eigenvalue weighted by atomic mass is 15.1. The monoisotopic (exact) mass is 208 g/mol. The van der Waals surface area contributed by atoms with Crippen molar-refractivity contribution < 1.29 is 0 Å². The molecule has 0 aliphatic heterocycles. The minimum Gasteiger partial charge on any atom is -0.317 e. The Hall–Kier alpha value is -2.45. The van der Waals surface area contributed by atoms with Gasteiger partial charge in [-0.15, -0.1) is 0 Å². The number of rotatable bonds is 1. The van der Waals surface area contributed by atoms with Gasteiger partial charge in [0, 0.05) is 27.7 Å². The van der Waals surface area contributed by atoms with Crippen molar-refractivity contribution in [1.82, 2.24) is 4.40 Å². The molecule has 0 aliphatic rings. The second kappa shape index (κ2) is 3.29. The van der Waals surface area contributed by atoms with Crippen LogP contribution in [0.1, 0.15) is 0 Å². The average Bonchev–Trinajstić information content (AvgIpc) is 2.78. The molecule has 0 saturated carbocycles. The molecule has 2 heterocycles. The van der Waals surface area contributed by atoms with Crippen molar-refractivity contribution in [2.45, 2.75) is 0 Å². The van der Waals surface area contributed by atoms with Crippen molar-refractivity contribution in [1.29, 1.82) is 0 Å². The maximum atomic E-state index is 8.50. The number of pyridine rings is 1. The van der Waals surface area contributed by atoms with Gasteiger partial charge in [0.2, 0.25) is 0 Å². The molecule has 0 bridgehead atoms. The van der Waals surface area contributed by atoms with E-state index in [1.54, 1.807) is 0 Å². The van der Waals surface area contributed by atoms with Crippen molar-refractivity contribution in [2.24, 2.45) is 5.11 Å². The van der Waals surface area contributed by atoms with Gasteiger partial charge in [-0.25, -0.2) is 0 Å². The minimum atomic E-state index is 0.663. The van der Waals surface area contributed by atoms with Gasteiger partial charge in [-0.3, -0.25) is 0 Å². The first kappa shape index (κ1) is 8.83. The maximum Gasteiger partial charge on any atom is 0.0532 e. The lowest BCUT2D eigenvalue weighted by Crippen LogP contribution is -1.85. The van der Waals surface area contributed by atoms with Gasteiger partial charge < -0.3 is 4.40 Å². The largest absolute Gasteiger partial charge is 0.317 e. The molecule has 0 amide bonds. The van der Waals surface area contributed by atoms with Crippen LogP contribution in [0.4, 0.5) is 5.69 Å². The molecular weight excluding hydrogens is 200 g/mol. The zero-order valence-corrected chi connectivity index (χ0v) is 8.41. The molecule has 4 heteroatoms. The van der Waals surface area contributed by atoms with E-state index in [0.717, 1.165) is 16.4 Å². The summed E-state index contributed by atoms with van der Waals surface area (Å²) in [6.45, 7) is 0. The summed E-state index contributed by atoms with van der Waals surface area (Å²) in [6.07, 6.45) is 2.00. The van der Waals surface area contributed by atoms with Crippen LogP contribution >= 0.6 is 0 Å². The zero-order valence-electron chi connectivity index (χ0n) is 8.41. The molecule has 0 fully saturated rings. The Morgan fingerprint density at radius 3 is 2.88 bits per heavy atom. The van der Waals surface area contributed by atoms with Gasteiger partial charge in [0.15, 0.2) is 0 Å². The lowest BCUT2D eigenvalue weighted by Gasteiger charge is -2.04. The molecule has 0 unspecified atom stereocenters. The van der Waals surface area contributed by atoms with Crippen molar-refractivity contribution >= 4 is 22.1 Å². The Morgan fingerprint density at radius 1 is 1.06 bits per heavy atom. The molecule has 3 rings (SSSR count). The van der Waals surface area contributed by atoms with Crippen LogP contribution in [0.3, 0.4) is 0 Å². The van der Waals surface area contributed by atoms with E-state index in [-0.39, 0.29) is 0 Å². The van der Waals surface area contributed by atoms with Gasteiger partial charge in [-0.2, -0.15) is 0 Å². The summed E-state index contributed by atoms with van der Waals surface area (Å²) in [7, 11) is 0. The quantitative estimate of drug-likeness (QED) is 0.329. The fourth-order valence-electron chi connectivity index (χ4n) is 1.98. The predicted molar refractivity (Wildman–Crippen MR) is 63.7 cm³/mol.